The Bertz CT molecular complexity index is 918. The highest BCUT2D eigenvalue weighted by atomic mass is 35.5. The summed E-state index contributed by atoms with van der Waals surface area (Å²) >= 11 is 5.84. The van der Waals surface area contributed by atoms with E-state index in [2.05, 4.69) is 15.3 Å². The molecule has 25 heavy (non-hydrogen) atoms. The lowest BCUT2D eigenvalue weighted by Gasteiger charge is -2.15. The molecule has 7 heteroatoms. The van der Waals surface area contributed by atoms with Gasteiger partial charge in [-0.15, -0.1) is 0 Å². The number of anilines is 2. The zero-order valence-electron chi connectivity index (χ0n) is 14.0. The number of nitrogens with one attached hydrogen (secondary N) is 1. The van der Waals surface area contributed by atoms with Gasteiger partial charge in [0.1, 0.15) is 18.0 Å². The number of aromatic nitrogens is 2. The first kappa shape index (κ1) is 17.2. The van der Waals surface area contributed by atoms with Crippen molar-refractivity contribution in [1.82, 2.24) is 9.97 Å². The van der Waals surface area contributed by atoms with Crippen LogP contribution in [0.15, 0.2) is 36.7 Å². The Kier molecular flexibility index (Phi) is 4.90. The molecule has 0 fully saturated rings. The molecular weight excluding hydrogens is 345 g/mol. The molecule has 0 bridgehead atoms. The fraction of sp³-hybridized carbons (Fsp3) is 0.222. The third-order valence-corrected chi connectivity index (χ3v) is 3.76. The van der Waals surface area contributed by atoms with Crippen molar-refractivity contribution in [2.45, 2.75) is 20.0 Å². The van der Waals surface area contributed by atoms with Crippen molar-refractivity contribution in [2.75, 3.05) is 12.4 Å². The molecule has 130 valence electrons. The summed E-state index contributed by atoms with van der Waals surface area (Å²) in [4.78, 5) is 8.55. The minimum atomic E-state index is -0.475. The zero-order chi connectivity index (χ0) is 18.0. The van der Waals surface area contributed by atoms with Crippen molar-refractivity contribution < 1.29 is 13.9 Å². The Morgan fingerprint density at radius 1 is 1.12 bits per heavy atom. The third kappa shape index (κ3) is 3.74. The number of benzene rings is 2. The first-order valence-electron chi connectivity index (χ1n) is 7.69. The number of hydrogen-bond acceptors (Lipinski definition) is 5. The topological polar surface area (TPSA) is 56.3 Å². The lowest BCUT2D eigenvalue weighted by atomic mass is 10.2. The molecule has 0 aliphatic carbocycles. The molecule has 0 aliphatic heterocycles. The Morgan fingerprint density at radius 3 is 2.60 bits per heavy atom. The zero-order valence-corrected chi connectivity index (χ0v) is 14.8. The largest absolute Gasteiger partial charge is 0.493 e. The smallest absolute Gasteiger partial charge is 0.162 e. The van der Waals surface area contributed by atoms with Crippen LogP contribution in [0.4, 0.5) is 15.9 Å². The van der Waals surface area contributed by atoms with E-state index in [1.807, 2.05) is 19.9 Å². The molecule has 1 heterocycles. The minimum absolute atomic E-state index is 0.0108. The van der Waals surface area contributed by atoms with Gasteiger partial charge in [0.05, 0.1) is 23.8 Å². The second kappa shape index (κ2) is 7.11. The molecule has 0 radical (unpaired) electrons. The summed E-state index contributed by atoms with van der Waals surface area (Å²) in [5, 5.41) is 3.92. The van der Waals surface area contributed by atoms with Crippen LogP contribution in [-0.4, -0.2) is 23.2 Å². The van der Waals surface area contributed by atoms with Crippen LogP contribution in [0.2, 0.25) is 5.02 Å². The molecular formula is C18H17ClFN3O2. The average Bonchev–Trinajstić information content (AvgIpc) is 2.57. The minimum Gasteiger partial charge on any atom is -0.493 e. The van der Waals surface area contributed by atoms with E-state index >= 15 is 0 Å². The van der Waals surface area contributed by atoms with E-state index < -0.39 is 5.82 Å². The summed E-state index contributed by atoms with van der Waals surface area (Å²) < 4.78 is 24.5. The van der Waals surface area contributed by atoms with Gasteiger partial charge in [-0.25, -0.2) is 14.4 Å². The van der Waals surface area contributed by atoms with Crippen LogP contribution in [0.25, 0.3) is 10.9 Å². The highest BCUT2D eigenvalue weighted by Gasteiger charge is 2.13. The van der Waals surface area contributed by atoms with E-state index in [1.54, 1.807) is 19.2 Å². The van der Waals surface area contributed by atoms with E-state index in [-0.39, 0.29) is 11.1 Å². The molecule has 1 N–H and O–H groups in total. The van der Waals surface area contributed by atoms with Gasteiger partial charge >= 0.3 is 0 Å². The number of halogens is 2. The van der Waals surface area contributed by atoms with Gasteiger partial charge in [0.15, 0.2) is 11.5 Å². The summed E-state index contributed by atoms with van der Waals surface area (Å²) in [5.41, 5.74) is 1.31. The van der Waals surface area contributed by atoms with Gasteiger partial charge in [0.25, 0.3) is 0 Å². The second-order valence-corrected chi connectivity index (χ2v) is 6.07. The van der Waals surface area contributed by atoms with Gasteiger partial charge in [-0.3, -0.25) is 0 Å². The molecule has 2 aromatic carbocycles. The van der Waals surface area contributed by atoms with Crippen LogP contribution in [0.1, 0.15) is 13.8 Å². The molecule has 3 aromatic rings. The van der Waals surface area contributed by atoms with E-state index in [4.69, 9.17) is 21.1 Å². The molecule has 0 atom stereocenters. The molecule has 0 aliphatic rings. The standard InChI is InChI=1S/C18H17ClFN3O2/c1-10(2)25-17-7-12-15(8-16(17)24-3)21-9-22-18(12)23-11-4-5-14(20)13(19)6-11/h4-10H,1-3H3,(H,21,22,23). The molecule has 1 aromatic heterocycles. The summed E-state index contributed by atoms with van der Waals surface area (Å²) in [7, 11) is 1.58. The molecule has 5 nitrogen and oxygen atoms in total. The van der Waals surface area contributed by atoms with Crippen molar-refractivity contribution in [3.05, 3.63) is 47.5 Å². The van der Waals surface area contributed by atoms with E-state index in [0.717, 1.165) is 5.39 Å². The maximum atomic E-state index is 13.3. The van der Waals surface area contributed by atoms with Gasteiger partial charge in [-0.1, -0.05) is 11.6 Å². The van der Waals surface area contributed by atoms with Gasteiger partial charge in [-0.2, -0.15) is 0 Å². The lowest BCUT2D eigenvalue weighted by molar-refractivity contribution is 0.230. The van der Waals surface area contributed by atoms with Crippen molar-refractivity contribution in [3.63, 3.8) is 0 Å². The Hall–Kier alpha value is -2.60. The van der Waals surface area contributed by atoms with Crippen LogP contribution >= 0.6 is 11.6 Å². The first-order valence-corrected chi connectivity index (χ1v) is 8.07. The highest BCUT2D eigenvalue weighted by Crippen LogP contribution is 2.35. The maximum absolute atomic E-state index is 13.3. The lowest BCUT2D eigenvalue weighted by Crippen LogP contribution is -2.07. The molecule has 0 spiro atoms. The van der Waals surface area contributed by atoms with Gasteiger partial charge in [0.2, 0.25) is 0 Å². The van der Waals surface area contributed by atoms with Gasteiger partial charge in [-0.05, 0) is 38.1 Å². The second-order valence-electron chi connectivity index (χ2n) is 5.66. The molecule has 0 saturated heterocycles. The number of hydrogen-bond donors (Lipinski definition) is 1. The average molecular weight is 362 g/mol. The fourth-order valence-electron chi connectivity index (χ4n) is 2.38. The Morgan fingerprint density at radius 2 is 1.92 bits per heavy atom. The maximum Gasteiger partial charge on any atom is 0.162 e. The summed E-state index contributed by atoms with van der Waals surface area (Å²) in [5.74, 6) is 1.27. The predicted octanol–water partition coefficient (Wildman–Crippen LogP) is 4.96. The monoisotopic (exact) mass is 361 g/mol. The van der Waals surface area contributed by atoms with Crippen molar-refractivity contribution in [2.24, 2.45) is 0 Å². The third-order valence-electron chi connectivity index (χ3n) is 3.47. The number of nitrogens with zero attached hydrogens (tertiary/aromatic N) is 2. The van der Waals surface area contributed by atoms with Crippen LogP contribution in [0, 0.1) is 5.82 Å². The Balaban J connectivity index is 2.06. The number of methoxy groups -OCH3 is 1. The van der Waals surface area contributed by atoms with Crippen LogP contribution < -0.4 is 14.8 Å². The summed E-state index contributed by atoms with van der Waals surface area (Å²) in [6, 6.07) is 7.99. The quantitative estimate of drug-likeness (QED) is 0.696. The molecule has 0 saturated carbocycles. The number of ether oxygens (including phenoxy) is 2. The normalized spacial score (nSPS) is 11.0. The summed E-state index contributed by atoms with van der Waals surface area (Å²) in [6.07, 6.45) is 1.43. The summed E-state index contributed by atoms with van der Waals surface area (Å²) in [6.45, 7) is 3.87. The van der Waals surface area contributed by atoms with E-state index in [9.17, 15) is 4.39 Å². The fourth-order valence-corrected chi connectivity index (χ4v) is 2.56. The van der Waals surface area contributed by atoms with Crippen molar-refractivity contribution >= 4 is 34.0 Å². The number of rotatable bonds is 5. The first-order chi connectivity index (χ1) is 12.0. The number of fused-ring (bicyclic) bond motifs is 1. The van der Waals surface area contributed by atoms with Gasteiger partial charge in [0, 0.05) is 17.1 Å². The van der Waals surface area contributed by atoms with E-state index in [0.29, 0.717) is 28.5 Å². The molecule has 0 amide bonds. The van der Waals surface area contributed by atoms with Gasteiger partial charge < -0.3 is 14.8 Å². The van der Waals surface area contributed by atoms with E-state index in [1.165, 1.54) is 18.5 Å². The van der Waals surface area contributed by atoms with Crippen LogP contribution in [0.5, 0.6) is 11.5 Å². The predicted molar refractivity (Wildman–Crippen MR) is 96.5 cm³/mol. The SMILES string of the molecule is COc1cc2ncnc(Nc3ccc(F)c(Cl)c3)c2cc1OC(C)C. The van der Waals surface area contributed by atoms with Crippen molar-refractivity contribution in [1.29, 1.82) is 0 Å². The molecule has 3 rings (SSSR count). The van der Waals surface area contributed by atoms with Crippen LogP contribution in [-0.2, 0) is 0 Å². The Labute approximate surface area is 149 Å². The van der Waals surface area contributed by atoms with Crippen LogP contribution in [0.3, 0.4) is 0 Å². The highest BCUT2D eigenvalue weighted by molar-refractivity contribution is 6.31. The molecule has 0 unspecified atom stereocenters. The van der Waals surface area contributed by atoms with Crippen molar-refractivity contribution in [3.8, 4) is 11.5 Å².